The van der Waals surface area contributed by atoms with E-state index in [2.05, 4.69) is 11.4 Å². The lowest BCUT2D eigenvalue weighted by atomic mass is 9.86. The molecule has 1 N–H and O–H groups in total. The third-order valence-corrected chi connectivity index (χ3v) is 5.63. The highest BCUT2D eigenvalue weighted by molar-refractivity contribution is 8.02. The first-order chi connectivity index (χ1) is 12.6. The Hall–Kier alpha value is -2.42. The van der Waals surface area contributed by atoms with Crippen LogP contribution in [0.3, 0.4) is 0 Å². The number of carbonyl (C=O) groups is 1. The van der Waals surface area contributed by atoms with Crippen LogP contribution in [-0.4, -0.2) is 13.0 Å². The van der Waals surface area contributed by atoms with Crippen LogP contribution in [0.2, 0.25) is 5.02 Å². The summed E-state index contributed by atoms with van der Waals surface area (Å²) in [6.45, 7) is 0. The number of carbonyl (C=O) groups excluding carboxylic acids is 1. The minimum absolute atomic E-state index is 0.110. The third-order valence-electron chi connectivity index (χ3n) is 4.20. The van der Waals surface area contributed by atoms with E-state index in [-0.39, 0.29) is 18.2 Å². The second-order valence-electron chi connectivity index (χ2n) is 5.78. The number of nitrogens with zero attached hydrogens (tertiary/aromatic N) is 1. The van der Waals surface area contributed by atoms with Gasteiger partial charge in [-0.05, 0) is 17.7 Å². The number of ether oxygens (including phenoxy) is 1. The molecule has 132 valence electrons. The van der Waals surface area contributed by atoms with Gasteiger partial charge in [-0.3, -0.25) is 4.79 Å². The van der Waals surface area contributed by atoms with Crippen molar-refractivity contribution in [2.75, 3.05) is 7.11 Å². The molecule has 0 fully saturated rings. The first kappa shape index (κ1) is 18.4. The first-order valence-corrected chi connectivity index (χ1v) is 9.43. The summed E-state index contributed by atoms with van der Waals surface area (Å²) in [7, 11) is 1.59. The molecule has 2 aromatic carbocycles. The Bertz CT molecular complexity index is 905. The van der Waals surface area contributed by atoms with Crippen LogP contribution < -0.4 is 10.1 Å². The van der Waals surface area contributed by atoms with Gasteiger partial charge in [-0.25, -0.2) is 0 Å². The molecule has 0 spiro atoms. The van der Waals surface area contributed by atoms with E-state index in [4.69, 9.17) is 16.3 Å². The molecule has 0 aromatic heterocycles. The van der Waals surface area contributed by atoms with Gasteiger partial charge < -0.3 is 10.1 Å². The topological polar surface area (TPSA) is 62.1 Å². The number of thioether (sulfide) groups is 1. The highest BCUT2D eigenvalue weighted by Gasteiger charge is 2.31. The van der Waals surface area contributed by atoms with Gasteiger partial charge in [0.2, 0.25) is 5.91 Å². The number of amides is 1. The van der Waals surface area contributed by atoms with E-state index in [9.17, 15) is 10.1 Å². The van der Waals surface area contributed by atoms with E-state index < -0.39 is 0 Å². The molecule has 1 unspecified atom stereocenters. The van der Waals surface area contributed by atoms with Gasteiger partial charge in [0.05, 0.1) is 23.8 Å². The van der Waals surface area contributed by atoms with Crippen molar-refractivity contribution in [2.45, 2.75) is 18.1 Å². The number of methoxy groups -OCH3 is 1. The van der Waals surface area contributed by atoms with Crippen LogP contribution >= 0.6 is 23.4 Å². The Kier molecular flexibility index (Phi) is 5.87. The van der Waals surface area contributed by atoms with Gasteiger partial charge in [0, 0.05) is 28.7 Å². The van der Waals surface area contributed by atoms with Crippen molar-refractivity contribution in [3.63, 3.8) is 0 Å². The smallest absolute Gasteiger partial charge is 0.225 e. The molecule has 2 aromatic rings. The summed E-state index contributed by atoms with van der Waals surface area (Å²) in [4.78, 5) is 12.3. The van der Waals surface area contributed by atoms with Crippen LogP contribution in [0.5, 0.6) is 5.75 Å². The molecule has 1 heterocycles. The Morgan fingerprint density at radius 2 is 2.00 bits per heavy atom. The summed E-state index contributed by atoms with van der Waals surface area (Å²) in [6, 6.07) is 17.3. The van der Waals surface area contributed by atoms with Crippen molar-refractivity contribution < 1.29 is 9.53 Å². The maximum Gasteiger partial charge on any atom is 0.225 e. The van der Waals surface area contributed by atoms with Gasteiger partial charge in [-0.1, -0.05) is 48.0 Å². The molecule has 0 aliphatic carbocycles. The van der Waals surface area contributed by atoms with Crippen LogP contribution in [-0.2, 0) is 10.5 Å². The summed E-state index contributed by atoms with van der Waals surface area (Å²) >= 11 is 7.62. The second-order valence-corrected chi connectivity index (χ2v) is 7.17. The van der Waals surface area contributed by atoms with Gasteiger partial charge in [-0.15, -0.1) is 11.8 Å². The van der Waals surface area contributed by atoms with E-state index in [0.717, 1.165) is 11.1 Å². The monoisotopic (exact) mass is 384 g/mol. The van der Waals surface area contributed by atoms with Gasteiger partial charge in [0.15, 0.2) is 0 Å². The number of para-hydroxylation sites is 1. The third kappa shape index (κ3) is 3.87. The van der Waals surface area contributed by atoms with Crippen LogP contribution in [0.1, 0.15) is 23.5 Å². The van der Waals surface area contributed by atoms with Gasteiger partial charge in [0.25, 0.3) is 0 Å². The molecule has 3 rings (SSSR count). The van der Waals surface area contributed by atoms with Gasteiger partial charge >= 0.3 is 0 Å². The van der Waals surface area contributed by atoms with Crippen molar-refractivity contribution in [2.24, 2.45) is 0 Å². The maximum absolute atomic E-state index is 12.3. The van der Waals surface area contributed by atoms with Crippen LogP contribution in [0.25, 0.3) is 0 Å². The molecule has 0 bridgehead atoms. The first-order valence-electron chi connectivity index (χ1n) is 8.07. The lowest BCUT2D eigenvalue weighted by molar-refractivity contribution is -0.120. The molecule has 0 radical (unpaired) electrons. The molecule has 1 atom stereocenters. The van der Waals surface area contributed by atoms with Crippen molar-refractivity contribution in [3.8, 4) is 11.8 Å². The van der Waals surface area contributed by atoms with Crippen LogP contribution in [0.15, 0.2) is 59.1 Å². The van der Waals surface area contributed by atoms with Crippen molar-refractivity contribution in [1.29, 1.82) is 5.26 Å². The quantitative estimate of drug-likeness (QED) is 0.816. The number of hydrogen-bond donors (Lipinski definition) is 1. The van der Waals surface area contributed by atoms with Gasteiger partial charge in [0.1, 0.15) is 5.75 Å². The number of benzene rings is 2. The molecule has 1 amide bonds. The zero-order valence-corrected chi connectivity index (χ0v) is 15.7. The van der Waals surface area contributed by atoms with E-state index in [0.29, 0.717) is 27.1 Å². The summed E-state index contributed by atoms with van der Waals surface area (Å²) in [5.41, 5.74) is 2.35. The number of allylic oxidation sites excluding steroid dienone is 1. The van der Waals surface area contributed by atoms with Crippen LogP contribution in [0.4, 0.5) is 0 Å². The zero-order chi connectivity index (χ0) is 18.5. The van der Waals surface area contributed by atoms with E-state index in [1.807, 2.05) is 48.5 Å². The number of rotatable bonds is 5. The molecule has 0 saturated carbocycles. The summed E-state index contributed by atoms with van der Waals surface area (Å²) in [6.07, 6.45) is 0.222. The number of nitrogens with one attached hydrogen (secondary N) is 1. The Morgan fingerprint density at radius 1 is 1.27 bits per heavy atom. The van der Waals surface area contributed by atoms with E-state index in [1.54, 1.807) is 7.11 Å². The predicted octanol–water partition coefficient (Wildman–Crippen LogP) is 4.62. The minimum atomic E-state index is -0.321. The standard InChI is InChI=1S/C20H17ClN2O2S/c1-25-18-9-5-3-7-14(18)15-10-19(24)23-20(16(15)11-22)26-12-13-6-2-4-8-17(13)21/h2-9,15H,10,12H2,1H3,(H,23,24). The molecule has 1 aliphatic heterocycles. The summed E-state index contributed by atoms with van der Waals surface area (Å²) < 4.78 is 5.42. The lowest BCUT2D eigenvalue weighted by Gasteiger charge is -2.26. The highest BCUT2D eigenvalue weighted by atomic mass is 35.5. The summed E-state index contributed by atoms with van der Waals surface area (Å²) in [5, 5.41) is 13.8. The minimum Gasteiger partial charge on any atom is -0.496 e. The van der Waals surface area contributed by atoms with Gasteiger partial charge in [-0.2, -0.15) is 5.26 Å². The molecule has 4 nitrogen and oxygen atoms in total. The average molecular weight is 385 g/mol. The molecule has 1 aliphatic rings. The fourth-order valence-corrected chi connectivity index (χ4v) is 4.28. The Balaban J connectivity index is 1.94. The van der Waals surface area contributed by atoms with Crippen molar-refractivity contribution in [3.05, 3.63) is 75.3 Å². The predicted molar refractivity (Wildman–Crippen MR) is 104 cm³/mol. The number of halogens is 1. The average Bonchev–Trinajstić information content (AvgIpc) is 2.66. The highest BCUT2D eigenvalue weighted by Crippen LogP contribution is 2.40. The molecule has 0 saturated heterocycles. The van der Waals surface area contributed by atoms with Crippen molar-refractivity contribution in [1.82, 2.24) is 5.32 Å². The van der Waals surface area contributed by atoms with Crippen molar-refractivity contribution >= 4 is 29.3 Å². The van der Waals surface area contributed by atoms with E-state index in [1.165, 1.54) is 11.8 Å². The Morgan fingerprint density at radius 3 is 2.73 bits per heavy atom. The fraction of sp³-hybridized carbons (Fsp3) is 0.200. The Labute approximate surface area is 161 Å². The fourth-order valence-electron chi connectivity index (χ4n) is 2.92. The molecule has 6 heteroatoms. The molecular formula is C20H17ClN2O2S. The maximum atomic E-state index is 12.3. The molecular weight excluding hydrogens is 368 g/mol. The lowest BCUT2D eigenvalue weighted by Crippen LogP contribution is -2.31. The van der Waals surface area contributed by atoms with Crippen LogP contribution in [0, 0.1) is 11.3 Å². The second kappa shape index (κ2) is 8.31. The summed E-state index contributed by atoms with van der Waals surface area (Å²) in [5.74, 6) is 0.815. The normalized spacial score (nSPS) is 16.8. The number of hydrogen-bond acceptors (Lipinski definition) is 4. The van der Waals surface area contributed by atoms with E-state index >= 15 is 0 Å². The number of nitriles is 1. The SMILES string of the molecule is COc1ccccc1C1CC(=O)NC(SCc2ccccc2Cl)=C1C#N. The largest absolute Gasteiger partial charge is 0.496 e. The zero-order valence-electron chi connectivity index (χ0n) is 14.2. The molecule has 26 heavy (non-hydrogen) atoms.